The highest BCUT2D eigenvalue weighted by Crippen LogP contribution is 2.09. The van der Waals surface area contributed by atoms with Gasteiger partial charge in [-0.3, -0.25) is 0 Å². The molecule has 0 saturated carbocycles. The summed E-state index contributed by atoms with van der Waals surface area (Å²) in [5.41, 5.74) is 2.93. The average molecular weight is 163 g/mol. The number of fused-ring (bicyclic) bond motifs is 1. The fraction of sp³-hybridized carbons (Fsp3) is 0.364. The van der Waals surface area contributed by atoms with E-state index in [-0.39, 0.29) is 0 Å². The molecule has 0 aromatic heterocycles. The third kappa shape index (κ3) is 1.86. The molecule has 2 rings (SSSR count). The fourth-order valence-corrected chi connectivity index (χ4v) is 1.50. The number of quaternary nitrogens is 1. The summed E-state index contributed by atoms with van der Waals surface area (Å²) in [5.74, 6) is 0. The molecule has 0 aliphatic carbocycles. The van der Waals surface area contributed by atoms with Crippen molar-refractivity contribution in [2.45, 2.75) is 26.9 Å². The van der Waals surface area contributed by atoms with Gasteiger partial charge in [-0.05, 0) is 0 Å². The van der Waals surface area contributed by atoms with Crippen molar-refractivity contribution in [3.63, 3.8) is 0 Å². The summed E-state index contributed by atoms with van der Waals surface area (Å²) in [6.07, 6.45) is 0. The number of rotatable bonds is 0. The van der Waals surface area contributed by atoms with Gasteiger partial charge in [0, 0.05) is 11.1 Å². The van der Waals surface area contributed by atoms with Crippen LogP contribution >= 0.6 is 0 Å². The van der Waals surface area contributed by atoms with Crippen molar-refractivity contribution in [2.75, 3.05) is 0 Å². The molecule has 1 nitrogen and oxygen atoms in total. The molecule has 1 heterocycles. The molecule has 0 atom stereocenters. The summed E-state index contributed by atoms with van der Waals surface area (Å²) in [4.78, 5) is 1.35. The summed E-state index contributed by atoms with van der Waals surface area (Å²) in [5, 5.41) is 0. The Hall–Kier alpha value is -0.820. The van der Waals surface area contributed by atoms with Crippen molar-refractivity contribution in [1.82, 2.24) is 0 Å². The van der Waals surface area contributed by atoms with Crippen LogP contribution in [-0.4, -0.2) is 0 Å². The Morgan fingerprint density at radius 3 is 1.92 bits per heavy atom. The molecule has 0 radical (unpaired) electrons. The van der Waals surface area contributed by atoms with Gasteiger partial charge in [0.25, 0.3) is 0 Å². The van der Waals surface area contributed by atoms with Crippen molar-refractivity contribution < 1.29 is 4.90 Å². The van der Waals surface area contributed by atoms with Crippen LogP contribution in [0.4, 0.5) is 0 Å². The van der Waals surface area contributed by atoms with Gasteiger partial charge in [0.05, 0.1) is 13.1 Å². The highest BCUT2D eigenvalue weighted by molar-refractivity contribution is 5.27. The Labute approximate surface area is 75.0 Å². The van der Waals surface area contributed by atoms with E-state index in [1.165, 1.54) is 16.0 Å². The monoisotopic (exact) mass is 163 g/mol. The van der Waals surface area contributed by atoms with Crippen LogP contribution in [0.25, 0.3) is 0 Å². The van der Waals surface area contributed by atoms with Gasteiger partial charge in [-0.1, -0.05) is 38.1 Å². The van der Waals surface area contributed by atoms with Gasteiger partial charge >= 0.3 is 0 Å². The van der Waals surface area contributed by atoms with Gasteiger partial charge in [-0.15, -0.1) is 0 Å². The molecular weight excluding hydrogens is 146 g/mol. The molecule has 1 aromatic rings. The summed E-state index contributed by atoms with van der Waals surface area (Å²) in [6.45, 7) is 6.19. The van der Waals surface area contributed by atoms with E-state index in [1.54, 1.807) is 0 Å². The maximum absolute atomic E-state index is 3.97. The molecule has 0 amide bonds. The Morgan fingerprint density at radius 1 is 1.08 bits per heavy atom. The molecule has 1 aromatic carbocycles. The summed E-state index contributed by atoms with van der Waals surface area (Å²) in [7, 11) is 3.97. The van der Waals surface area contributed by atoms with Gasteiger partial charge < -0.3 is 4.90 Å². The minimum absolute atomic E-state index is 1.09. The summed E-state index contributed by atoms with van der Waals surface area (Å²) in [6, 6.07) is 8.57. The van der Waals surface area contributed by atoms with Crippen molar-refractivity contribution in [3.8, 4) is 0 Å². The van der Waals surface area contributed by atoms with E-state index in [1.807, 2.05) is 13.8 Å². The lowest BCUT2D eigenvalue weighted by Crippen LogP contribution is -3.01. The minimum atomic E-state index is 1.09. The third-order valence-electron chi connectivity index (χ3n) is 2.00. The molecule has 66 valence electrons. The van der Waals surface area contributed by atoms with E-state index in [2.05, 4.69) is 31.3 Å². The zero-order valence-electron chi connectivity index (χ0n) is 7.93. The van der Waals surface area contributed by atoms with E-state index in [0.29, 0.717) is 0 Å². The molecule has 1 N–H and O–H groups in total. The number of hydrogen-bond acceptors (Lipinski definition) is 0. The van der Waals surface area contributed by atoms with Crippen LogP contribution < -0.4 is 4.90 Å². The number of benzene rings is 1. The zero-order valence-corrected chi connectivity index (χ0v) is 7.93. The van der Waals surface area contributed by atoms with Gasteiger partial charge in [-0.2, -0.15) is 7.05 Å². The molecule has 0 bridgehead atoms. The SMILES string of the molecule is CC.[CH2-][NH+]1Cc2ccccc2C1. The second-order valence-corrected chi connectivity index (χ2v) is 2.87. The van der Waals surface area contributed by atoms with Gasteiger partial charge in [0.2, 0.25) is 0 Å². The topological polar surface area (TPSA) is 4.44 Å². The first-order valence-electron chi connectivity index (χ1n) is 4.60. The van der Waals surface area contributed by atoms with E-state index < -0.39 is 0 Å². The third-order valence-corrected chi connectivity index (χ3v) is 2.00. The molecule has 0 saturated heterocycles. The minimum Gasteiger partial charge on any atom is -0.460 e. The van der Waals surface area contributed by atoms with Crippen LogP contribution in [0.5, 0.6) is 0 Å². The van der Waals surface area contributed by atoms with Crippen LogP contribution in [0.1, 0.15) is 25.0 Å². The molecule has 0 spiro atoms. The number of hydrogen-bond donors (Lipinski definition) is 1. The normalized spacial score (nSPS) is 14.9. The van der Waals surface area contributed by atoms with Crippen molar-refractivity contribution in [2.24, 2.45) is 0 Å². The van der Waals surface area contributed by atoms with Crippen LogP contribution in [0.3, 0.4) is 0 Å². The van der Waals surface area contributed by atoms with Crippen LogP contribution in [0.15, 0.2) is 24.3 Å². The van der Waals surface area contributed by atoms with Crippen molar-refractivity contribution in [1.29, 1.82) is 0 Å². The van der Waals surface area contributed by atoms with E-state index in [4.69, 9.17) is 0 Å². The lowest BCUT2D eigenvalue weighted by atomic mass is 10.1. The van der Waals surface area contributed by atoms with Crippen molar-refractivity contribution >= 4 is 0 Å². The van der Waals surface area contributed by atoms with Gasteiger partial charge in [-0.25, -0.2) is 0 Å². The standard InChI is InChI=1S/C9H11N.C2H6/c1-10-6-8-4-2-3-5-9(8)7-10;1-2/h2-5,10H,1,6-7H2;1-2H3. The maximum atomic E-state index is 3.97. The predicted octanol–water partition coefficient (Wildman–Crippen LogP) is 1.40. The quantitative estimate of drug-likeness (QED) is 0.551. The van der Waals surface area contributed by atoms with Crippen LogP contribution in [-0.2, 0) is 13.1 Å². The van der Waals surface area contributed by atoms with Crippen molar-refractivity contribution in [3.05, 3.63) is 42.4 Å². The lowest BCUT2D eigenvalue weighted by molar-refractivity contribution is -0.874. The summed E-state index contributed by atoms with van der Waals surface area (Å²) >= 11 is 0. The molecular formula is C11H17N. The second-order valence-electron chi connectivity index (χ2n) is 2.87. The molecule has 0 fully saturated rings. The molecule has 12 heavy (non-hydrogen) atoms. The van der Waals surface area contributed by atoms with Gasteiger partial charge in [0.15, 0.2) is 0 Å². The van der Waals surface area contributed by atoms with Crippen LogP contribution in [0.2, 0.25) is 0 Å². The fourth-order valence-electron chi connectivity index (χ4n) is 1.50. The van der Waals surface area contributed by atoms with Crippen LogP contribution in [0, 0.1) is 7.05 Å². The largest absolute Gasteiger partial charge is 0.460 e. The zero-order chi connectivity index (χ0) is 8.97. The Kier molecular flexibility index (Phi) is 3.30. The first kappa shape index (κ1) is 9.27. The Bertz CT molecular complexity index is 218. The lowest BCUT2D eigenvalue weighted by Gasteiger charge is -2.09. The van der Waals surface area contributed by atoms with E-state index >= 15 is 0 Å². The smallest absolute Gasteiger partial charge is 0.0795 e. The first-order valence-corrected chi connectivity index (χ1v) is 4.60. The van der Waals surface area contributed by atoms with Gasteiger partial charge in [0.1, 0.15) is 0 Å². The first-order chi connectivity index (χ1) is 5.86. The van der Waals surface area contributed by atoms with E-state index in [9.17, 15) is 0 Å². The summed E-state index contributed by atoms with van der Waals surface area (Å²) < 4.78 is 0. The number of nitrogens with one attached hydrogen (secondary N) is 1. The highest BCUT2D eigenvalue weighted by Gasteiger charge is 2.13. The van der Waals surface area contributed by atoms with E-state index in [0.717, 1.165) is 13.1 Å². The molecule has 0 unspecified atom stereocenters. The second kappa shape index (κ2) is 4.27. The predicted molar refractivity (Wildman–Crippen MR) is 51.5 cm³/mol. The molecule has 1 aliphatic heterocycles. The maximum Gasteiger partial charge on any atom is 0.0795 e. The highest BCUT2D eigenvalue weighted by atomic mass is 15.1. The molecule has 1 heteroatoms. The Balaban J connectivity index is 0.000000336. The molecule has 1 aliphatic rings. The average Bonchev–Trinajstić information content (AvgIpc) is 2.48. The Morgan fingerprint density at radius 2 is 1.50 bits per heavy atom.